The van der Waals surface area contributed by atoms with Crippen LogP contribution in [0.2, 0.25) is 0 Å². The Kier molecular flexibility index (Phi) is 8.54. The molecule has 0 spiro atoms. The molecular weight excluding hydrogens is 653 g/mol. The maximum absolute atomic E-state index is 14.1. The summed E-state index contributed by atoms with van der Waals surface area (Å²) in [5, 5.41) is 7.81. The molecule has 0 aliphatic carbocycles. The van der Waals surface area contributed by atoms with Gasteiger partial charge in [-0.3, -0.25) is 9.59 Å². The number of piperidine rings is 1. The fourth-order valence-corrected chi connectivity index (χ4v) is 6.65. The van der Waals surface area contributed by atoms with E-state index in [-0.39, 0.29) is 28.9 Å². The van der Waals surface area contributed by atoms with E-state index in [0.717, 1.165) is 36.4 Å². The number of amides is 3. The van der Waals surface area contributed by atoms with Crippen LogP contribution < -0.4 is 25.4 Å². The van der Waals surface area contributed by atoms with Gasteiger partial charge in [0.2, 0.25) is 5.78 Å². The lowest BCUT2D eigenvalue weighted by Gasteiger charge is -2.35. The number of ether oxygens (including phenoxy) is 2. The second-order valence-corrected chi connectivity index (χ2v) is 13.9. The number of para-hydroxylation sites is 1. The largest absolute Gasteiger partial charge is 0.488 e. The third-order valence-electron chi connectivity index (χ3n) is 9.56. The molecular formula is C38H40FN7O5. The minimum absolute atomic E-state index is 0.103. The fraction of sp³-hybridized carbons (Fsp3) is 0.316. The molecule has 12 nitrogen and oxygen atoms in total. The van der Waals surface area contributed by atoms with Crippen molar-refractivity contribution >= 4 is 40.1 Å². The lowest BCUT2D eigenvalue weighted by atomic mass is 10.1. The maximum atomic E-state index is 14.1. The van der Waals surface area contributed by atoms with Gasteiger partial charge in [-0.25, -0.2) is 18.8 Å². The molecule has 7 rings (SSSR count). The van der Waals surface area contributed by atoms with Gasteiger partial charge in [0.25, 0.3) is 5.91 Å². The zero-order chi connectivity index (χ0) is 36.2. The highest BCUT2D eigenvalue weighted by Crippen LogP contribution is 2.39. The van der Waals surface area contributed by atoms with Crippen molar-refractivity contribution in [2.45, 2.75) is 65.1 Å². The van der Waals surface area contributed by atoms with Gasteiger partial charge in [-0.2, -0.15) is 5.10 Å². The van der Waals surface area contributed by atoms with E-state index < -0.39 is 29.1 Å². The van der Waals surface area contributed by atoms with E-state index in [9.17, 15) is 18.8 Å². The van der Waals surface area contributed by atoms with Crippen LogP contribution in [0.5, 0.6) is 17.2 Å². The first-order chi connectivity index (χ1) is 24.3. The third kappa shape index (κ3) is 6.29. The number of benzene rings is 3. The van der Waals surface area contributed by atoms with E-state index in [1.807, 2.05) is 6.92 Å². The van der Waals surface area contributed by atoms with Crippen molar-refractivity contribution in [1.29, 1.82) is 0 Å². The zero-order valence-electron chi connectivity index (χ0n) is 29.1. The average Bonchev–Trinajstić information content (AvgIpc) is 3.74. The van der Waals surface area contributed by atoms with Crippen LogP contribution in [0.15, 0.2) is 66.9 Å². The van der Waals surface area contributed by atoms with Crippen LogP contribution in [-0.4, -0.2) is 68.2 Å². The van der Waals surface area contributed by atoms with E-state index >= 15 is 0 Å². The first kappa shape index (κ1) is 33.8. The molecule has 2 aliphatic heterocycles. The number of aromatic nitrogens is 3. The van der Waals surface area contributed by atoms with Crippen LogP contribution >= 0.6 is 0 Å². The molecule has 0 radical (unpaired) electrons. The minimum Gasteiger partial charge on any atom is -0.488 e. The summed E-state index contributed by atoms with van der Waals surface area (Å²) in [5.41, 5.74) is 8.03. The second-order valence-electron chi connectivity index (χ2n) is 13.9. The Bertz CT molecular complexity index is 2180. The molecule has 264 valence electrons. The van der Waals surface area contributed by atoms with Crippen molar-refractivity contribution in [2.24, 2.45) is 0 Å². The summed E-state index contributed by atoms with van der Waals surface area (Å²) in [6.45, 7) is 11.2. The van der Waals surface area contributed by atoms with E-state index in [0.29, 0.717) is 39.8 Å². The Morgan fingerprint density at radius 2 is 1.76 bits per heavy atom. The number of nitrogens with zero attached hydrogens (tertiary/aromatic N) is 4. The number of nitrogen functional groups attached to an aromatic ring is 1. The van der Waals surface area contributed by atoms with E-state index in [1.54, 1.807) is 68.4 Å². The number of anilines is 2. The molecule has 0 atom stereocenters. The lowest BCUT2D eigenvalue weighted by Crippen LogP contribution is -2.42. The number of ketones is 1. The highest BCUT2D eigenvalue weighted by Gasteiger charge is 2.46. The number of hydrogen-bond acceptors (Lipinski definition) is 8. The van der Waals surface area contributed by atoms with E-state index in [2.05, 4.69) is 34.1 Å². The van der Waals surface area contributed by atoms with Gasteiger partial charge in [0.05, 0.1) is 28.8 Å². The quantitative estimate of drug-likeness (QED) is 0.117. The van der Waals surface area contributed by atoms with Crippen LogP contribution in [0.1, 0.15) is 62.2 Å². The van der Waals surface area contributed by atoms with Crippen LogP contribution in [0, 0.1) is 12.7 Å². The molecule has 4 heterocycles. The molecule has 2 saturated heterocycles. The third-order valence-corrected chi connectivity index (χ3v) is 9.56. The molecule has 0 unspecified atom stereocenters. The van der Waals surface area contributed by atoms with Gasteiger partial charge >= 0.3 is 6.03 Å². The molecule has 3 aromatic carbocycles. The van der Waals surface area contributed by atoms with Crippen molar-refractivity contribution in [2.75, 3.05) is 23.7 Å². The molecule has 13 heteroatoms. The van der Waals surface area contributed by atoms with E-state index in [4.69, 9.17) is 15.2 Å². The van der Waals surface area contributed by atoms with Gasteiger partial charge < -0.3 is 30.4 Å². The number of aromatic amines is 1. The standard InChI is InChI=1S/C38H40FN7O5/c1-21(2)44-14-12-24(13-15-44)50-33-18-23-17-29(42-28(23)19-31(33)45-36(48)38(4,5)43-37(45)49)34(47)26-20-41-46(35(26)40)30-11-10-25(16-22(30)3)51-32-9-7-6-8-27(32)39/h6-11,16-21,24,42H,12-15,40H2,1-5H3,(H,43,49). The Morgan fingerprint density at radius 3 is 2.43 bits per heavy atom. The van der Waals surface area contributed by atoms with Crippen LogP contribution in [0.4, 0.5) is 20.7 Å². The SMILES string of the molecule is Cc1cc(Oc2ccccc2F)ccc1-n1ncc(C(=O)c2cc3cc(OC4CCN(C(C)C)CC4)c(N4C(=O)NC(C)(C)C4=O)cc3[nH]2)c1N. The average molecular weight is 694 g/mol. The number of nitrogens with two attached hydrogens (primary N) is 1. The van der Waals surface area contributed by atoms with Gasteiger partial charge in [0.15, 0.2) is 11.6 Å². The summed E-state index contributed by atoms with van der Waals surface area (Å²) in [4.78, 5) is 47.1. The first-order valence-corrected chi connectivity index (χ1v) is 17.0. The van der Waals surface area contributed by atoms with Crippen molar-refractivity contribution in [3.05, 3.63) is 89.5 Å². The first-order valence-electron chi connectivity index (χ1n) is 17.0. The Hall–Kier alpha value is -5.69. The summed E-state index contributed by atoms with van der Waals surface area (Å²) in [6.07, 6.45) is 2.88. The van der Waals surface area contributed by atoms with Crippen LogP contribution in [0.3, 0.4) is 0 Å². The number of carbonyl (C=O) groups excluding carboxylic acids is 3. The number of nitrogens with one attached hydrogen (secondary N) is 2. The number of hydrogen-bond donors (Lipinski definition) is 3. The molecule has 2 aromatic heterocycles. The number of carbonyl (C=O) groups is 3. The van der Waals surface area contributed by atoms with Crippen molar-refractivity contribution in [1.82, 2.24) is 25.0 Å². The summed E-state index contributed by atoms with van der Waals surface area (Å²) < 4.78 is 27.8. The highest BCUT2D eigenvalue weighted by atomic mass is 19.1. The van der Waals surface area contributed by atoms with Gasteiger partial charge in [-0.05, 0) is 102 Å². The summed E-state index contributed by atoms with van der Waals surface area (Å²) in [6, 6.07) is 16.3. The zero-order valence-corrected chi connectivity index (χ0v) is 29.1. The Labute approximate surface area is 294 Å². The van der Waals surface area contributed by atoms with Gasteiger partial charge in [0, 0.05) is 30.0 Å². The van der Waals surface area contributed by atoms with Gasteiger partial charge in [0.1, 0.15) is 29.0 Å². The van der Waals surface area contributed by atoms with E-state index in [1.165, 1.54) is 16.9 Å². The predicted octanol–water partition coefficient (Wildman–Crippen LogP) is 6.49. The van der Waals surface area contributed by atoms with Gasteiger partial charge in [-0.1, -0.05) is 12.1 Å². The lowest BCUT2D eigenvalue weighted by molar-refractivity contribution is -0.121. The van der Waals surface area contributed by atoms with Crippen molar-refractivity contribution in [3.8, 4) is 22.9 Å². The number of imide groups is 1. The number of likely N-dealkylation sites (tertiary alicyclic amines) is 1. The van der Waals surface area contributed by atoms with Crippen LogP contribution in [-0.2, 0) is 4.79 Å². The summed E-state index contributed by atoms with van der Waals surface area (Å²) in [7, 11) is 0. The Balaban J connectivity index is 1.18. The summed E-state index contributed by atoms with van der Waals surface area (Å²) in [5.74, 6) is -0.228. The monoisotopic (exact) mass is 693 g/mol. The minimum atomic E-state index is -1.09. The number of H-pyrrole nitrogens is 1. The molecule has 0 saturated carbocycles. The molecule has 51 heavy (non-hydrogen) atoms. The van der Waals surface area contributed by atoms with Crippen molar-refractivity contribution < 1.29 is 28.2 Å². The fourth-order valence-electron chi connectivity index (χ4n) is 6.65. The smallest absolute Gasteiger partial charge is 0.329 e. The molecule has 2 aliphatic rings. The molecule has 4 N–H and O–H groups in total. The number of fused-ring (bicyclic) bond motifs is 1. The second kappa shape index (κ2) is 12.9. The number of rotatable bonds is 9. The number of halogens is 1. The molecule has 3 amide bonds. The maximum Gasteiger partial charge on any atom is 0.329 e. The molecule has 5 aromatic rings. The topological polar surface area (TPSA) is 148 Å². The van der Waals surface area contributed by atoms with Crippen LogP contribution in [0.25, 0.3) is 16.6 Å². The molecule has 0 bridgehead atoms. The number of aryl methyl sites for hydroxylation is 1. The predicted molar refractivity (Wildman–Crippen MR) is 191 cm³/mol. The summed E-state index contributed by atoms with van der Waals surface area (Å²) >= 11 is 0. The normalized spacial score (nSPS) is 16.6. The Morgan fingerprint density at radius 1 is 1.02 bits per heavy atom. The van der Waals surface area contributed by atoms with Gasteiger partial charge in [-0.15, -0.1) is 0 Å². The molecule has 2 fully saturated rings. The van der Waals surface area contributed by atoms with Crippen molar-refractivity contribution in [3.63, 3.8) is 0 Å². The number of urea groups is 1. The highest BCUT2D eigenvalue weighted by molar-refractivity contribution is 6.24.